The van der Waals surface area contributed by atoms with Crippen LogP contribution in [0.25, 0.3) is 0 Å². The molecule has 166 valence electrons. The van der Waals surface area contributed by atoms with E-state index in [9.17, 15) is 28.1 Å². The van der Waals surface area contributed by atoms with Crippen molar-refractivity contribution in [1.29, 1.82) is 0 Å². The number of halogens is 3. The van der Waals surface area contributed by atoms with Gasteiger partial charge in [0.25, 0.3) is 5.69 Å². The molecule has 10 heteroatoms. The van der Waals surface area contributed by atoms with Gasteiger partial charge >= 0.3 is 6.18 Å². The molecule has 0 saturated carbocycles. The summed E-state index contributed by atoms with van der Waals surface area (Å²) in [6.07, 6.45) is -1.78. The summed E-state index contributed by atoms with van der Waals surface area (Å²) in [5.41, 5.74) is -1.44. The number of carbonyl (C=O) groups is 1. The maximum Gasteiger partial charge on any atom is 0.416 e. The molecule has 2 aliphatic heterocycles. The highest BCUT2D eigenvalue weighted by Crippen LogP contribution is 2.38. The van der Waals surface area contributed by atoms with E-state index in [4.69, 9.17) is 4.74 Å². The maximum atomic E-state index is 12.9. The van der Waals surface area contributed by atoms with Crippen LogP contribution in [0, 0.1) is 16.0 Å². The van der Waals surface area contributed by atoms with Crippen LogP contribution in [0.15, 0.2) is 18.2 Å². The Morgan fingerprint density at radius 3 is 2.33 bits per heavy atom. The second-order valence-electron chi connectivity index (χ2n) is 7.70. The number of carbonyl (C=O) groups excluding carboxylic acids is 1. The normalized spacial score (nSPS) is 19.2. The third kappa shape index (κ3) is 5.03. The first-order chi connectivity index (χ1) is 14.2. The summed E-state index contributed by atoms with van der Waals surface area (Å²) < 4.78 is 44.3. The van der Waals surface area contributed by atoms with E-state index in [0.29, 0.717) is 51.7 Å². The van der Waals surface area contributed by atoms with Gasteiger partial charge in [0.1, 0.15) is 5.69 Å². The van der Waals surface area contributed by atoms with Crippen LogP contribution < -0.4 is 4.90 Å². The standard InChI is InChI=1S/C20H26F3N3O4/c1-2-30-16-7-11-25(12-8-16)19(27)14-5-9-24(10-6-14)17-4-3-15(20(21,22)23)13-18(17)26(28)29/h3-4,13-14,16H,2,5-12H2,1H3. The Labute approximate surface area is 172 Å². The largest absolute Gasteiger partial charge is 0.416 e. The summed E-state index contributed by atoms with van der Waals surface area (Å²) in [5.74, 6) is -0.0788. The van der Waals surface area contributed by atoms with Gasteiger partial charge in [0.2, 0.25) is 5.91 Å². The number of nitro groups is 1. The van der Waals surface area contributed by atoms with Gasteiger partial charge in [-0.2, -0.15) is 13.2 Å². The SMILES string of the molecule is CCOC1CCN(C(=O)C2CCN(c3ccc(C(F)(F)F)cc3[N+](=O)[O-])CC2)CC1. The number of alkyl halides is 3. The summed E-state index contributed by atoms with van der Waals surface area (Å²) in [5, 5.41) is 11.3. The molecule has 30 heavy (non-hydrogen) atoms. The molecule has 0 unspecified atom stereocenters. The van der Waals surface area contributed by atoms with Gasteiger partial charge in [0.05, 0.1) is 16.6 Å². The van der Waals surface area contributed by atoms with E-state index < -0.39 is 22.4 Å². The van der Waals surface area contributed by atoms with Crippen LogP contribution >= 0.6 is 0 Å². The number of piperidine rings is 2. The molecule has 0 atom stereocenters. The molecule has 2 saturated heterocycles. The van der Waals surface area contributed by atoms with E-state index in [1.807, 2.05) is 11.8 Å². The topological polar surface area (TPSA) is 75.9 Å². The van der Waals surface area contributed by atoms with E-state index in [-0.39, 0.29) is 23.6 Å². The Bertz CT molecular complexity index is 771. The number of rotatable bonds is 5. The lowest BCUT2D eigenvalue weighted by molar-refractivity contribution is -0.384. The number of benzene rings is 1. The first-order valence-electron chi connectivity index (χ1n) is 10.2. The number of ether oxygens (including phenoxy) is 1. The molecule has 3 rings (SSSR count). The summed E-state index contributed by atoms with van der Waals surface area (Å²) in [4.78, 5) is 26.9. The predicted molar refractivity (Wildman–Crippen MR) is 104 cm³/mol. The van der Waals surface area contributed by atoms with Gasteiger partial charge in [-0.05, 0) is 44.7 Å². The van der Waals surface area contributed by atoms with E-state index >= 15 is 0 Å². The van der Waals surface area contributed by atoms with Crippen LogP contribution in [-0.4, -0.2) is 54.6 Å². The van der Waals surface area contributed by atoms with Crippen molar-refractivity contribution in [2.24, 2.45) is 5.92 Å². The zero-order chi connectivity index (χ0) is 21.9. The Morgan fingerprint density at radius 1 is 1.17 bits per heavy atom. The minimum absolute atomic E-state index is 0.0894. The minimum Gasteiger partial charge on any atom is -0.378 e. The van der Waals surface area contributed by atoms with Gasteiger partial charge in [-0.1, -0.05) is 0 Å². The van der Waals surface area contributed by atoms with Crippen LogP contribution in [0.2, 0.25) is 0 Å². The van der Waals surface area contributed by atoms with E-state index in [2.05, 4.69) is 0 Å². The van der Waals surface area contributed by atoms with E-state index in [1.54, 1.807) is 4.90 Å². The molecule has 0 spiro atoms. The lowest BCUT2D eigenvalue weighted by atomic mass is 9.93. The fourth-order valence-corrected chi connectivity index (χ4v) is 4.22. The van der Waals surface area contributed by atoms with E-state index in [1.165, 1.54) is 0 Å². The number of amides is 1. The van der Waals surface area contributed by atoms with Gasteiger partial charge in [-0.25, -0.2) is 0 Å². The molecule has 2 fully saturated rings. The smallest absolute Gasteiger partial charge is 0.378 e. The van der Waals surface area contributed by atoms with Crippen LogP contribution in [0.4, 0.5) is 24.5 Å². The summed E-state index contributed by atoms with van der Waals surface area (Å²) in [6, 6.07) is 2.60. The van der Waals surface area contributed by atoms with Crippen LogP contribution in [0.5, 0.6) is 0 Å². The number of anilines is 1. The molecule has 2 heterocycles. The molecule has 1 amide bonds. The predicted octanol–water partition coefficient (Wildman–Crippen LogP) is 3.86. The highest BCUT2D eigenvalue weighted by molar-refractivity contribution is 5.79. The quantitative estimate of drug-likeness (QED) is 0.525. The van der Waals surface area contributed by atoms with Crippen molar-refractivity contribution < 1.29 is 27.6 Å². The fraction of sp³-hybridized carbons (Fsp3) is 0.650. The third-order valence-electron chi connectivity index (χ3n) is 5.84. The highest BCUT2D eigenvalue weighted by atomic mass is 19.4. The molecule has 0 radical (unpaired) electrons. The molecule has 0 N–H and O–H groups in total. The number of likely N-dealkylation sites (tertiary alicyclic amines) is 1. The van der Waals surface area contributed by atoms with Crippen molar-refractivity contribution in [3.05, 3.63) is 33.9 Å². The summed E-state index contributed by atoms with van der Waals surface area (Å²) in [6.45, 7) is 4.71. The first kappa shape index (κ1) is 22.3. The monoisotopic (exact) mass is 429 g/mol. The van der Waals surface area contributed by atoms with Crippen molar-refractivity contribution in [3.63, 3.8) is 0 Å². The second-order valence-corrected chi connectivity index (χ2v) is 7.70. The average Bonchev–Trinajstić information content (AvgIpc) is 2.73. The Kier molecular flexibility index (Phi) is 6.84. The molecule has 2 aliphatic rings. The third-order valence-corrected chi connectivity index (χ3v) is 5.84. The lowest BCUT2D eigenvalue weighted by Gasteiger charge is -2.37. The van der Waals surface area contributed by atoms with E-state index in [0.717, 1.165) is 25.0 Å². The second kappa shape index (κ2) is 9.20. The summed E-state index contributed by atoms with van der Waals surface area (Å²) >= 11 is 0. The number of hydrogen-bond donors (Lipinski definition) is 0. The van der Waals surface area contributed by atoms with Crippen LogP contribution in [0.3, 0.4) is 0 Å². The molecule has 0 bridgehead atoms. The Morgan fingerprint density at radius 2 is 1.80 bits per heavy atom. The van der Waals surface area contributed by atoms with Crippen LogP contribution in [0.1, 0.15) is 38.2 Å². The number of hydrogen-bond acceptors (Lipinski definition) is 5. The zero-order valence-corrected chi connectivity index (χ0v) is 16.9. The highest BCUT2D eigenvalue weighted by Gasteiger charge is 2.36. The summed E-state index contributed by atoms with van der Waals surface area (Å²) in [7, 11) is 0. The Hall–Kier alpha value is -2.36. The van der Waals surface area contributed by atoms with Crippen LogP contribution in [-0.2, 0) is 15.7 Å². The molecule has 0 aliphatic carbocycles. The molecule has 1 aromatic carbocycles. The zero-order valence-electron chi connectivity index (χ0n) is 16.9. The van der Waals surface area contributed by atoms with Crippen molar-refractivity contribution in [3.8, 4) is 0 Å². The van der Waals surface area contributed by atoms with Gasteiger partial charge in [0.15, 0.2) is 0 Å². The molecular weight excluding hydrogens is 403 g/mol. The minimum atomic E-state index is -4.64. The number of nitrogens with zero attached hydrogens (tertiary/aromatic N) is 3. The first-order valence-corrected chi connectivity index (χ1v) is 10.2. The maximum absolute atomic E-state index is 12.9. The molecule has 1 aromatic rings. The average molecular weight is 429 g/mol. The molecule has 7 nitrogen and oxygen atoms in total. The van der Waals surface area contributed by atoms with Crippen molar-refractivity contribution in [1.82, 2.24) is 4.90 Å². The molecular formula is C20H26F3N3O4. The van der Waals surface area contributed by atoms with Gasteiger partial charge in [-0.3, -0.25) is 14.9 Å². The lowest BCUT2D eigenvalue weighted by Crippen LogP contribution is -2.46. The van der Waals surface area contributed by atoms with Crippen molar-refractivity contribution >= 4 is 17.3 Å². The van der Waals surface area contributed by atoms with Gasteiger partial charge in [-0.15, -0.1) is 0 Å². The number of nitro benzene ring substituents is 1. The van der Waals surface area contributed by atoms with Gasteiger partial charge < -0.3 is 14.5 Å². The Balaban J connectivity index is 1.62. The molecule has 0 aromatic heterocycles. The fourth-order valence-electron chi connectivity index (χ4n) is 4.22. The van der Waals surface area contributed by atoms with Crippen molar-refractivity contribution in [2.45, 2.75) is 44.9 Å². The van der Waals surface area contributed by atoms with Gasteiger partial charge in [0, 0.05) is 44.8 Å². The van der Waals surface area contributed by atoms with Crippen molar-refractivity contribution in [2.75, 3.05) is 37.7 Å².